The van der Waals surface area contributed by atoms with Crippen molar-refractivity contribution in [3.8, 4) is 0 Å². The molecule has 7 heteroatoms. The number of aliphatic carboxylic acids is 1. The van der Waals surface area contributed by atoms with Crippen LogP contribution in [0.1, 0.15) is 129 Å². The molecule has 2 atom stereocenters. The topological polar surface area (TPSA) is 119 Å². The molecular formula is C32H56N2O5. The Kier molecular flexibility index (Phi) is 25.5. The van der Waals surface area contributed by atoms with Gasteiger partial charge in [-0.1, -0.05) is 89.5 Å². The van der Waals surface area contributed by atoms with Gasteiger partial charge < -0.3 is 20.9 Å². The molecule has 0 rings (SSSR count). The first-order valence-electron chi connectivity index (χ1n) is 15.3. The molecule has 0 aromatic carbocycles. The third-order valence-electron chi connectivity index (χ3n) is 6.43. The van der Waals surface area contributed by atoms with Gasteiger partial charge in [0.15, 0.2) is 0 Å². The molecule has 39 heavy (non-hydrogen) atoms. The first kappa shape index (κ1) is 36.6. The zero-order valence-corrected chi connectivity index (χ0v) is 24.7. The number of carboxylic acid groups (broad SMARTS) is 1. The van der Waals surface area contributed by atoms with E-state index in [4.69, 9.17) is 10.5 Å². The van der Waals surface area contributed by atoms with Gasteiger partial charge in [-0.3, -0.25) is 9.59 Å². The van der Waals surface area contributed by atoms with E-state index in [-0.39, 0.29) is 18.0 Å². The maximum Gasteiger partial charge on any atom is 0.326 e. The summed E-state index contributed by atoms with van der Waals surface area (Å²) in [5.41, 5.74) is 5.43. The zero-order valence-electron chi connectivity index (χ0n) is 24.7. The lowest BCUT2D eigenvalue weighted by molar-refractivity contribution is -0.145. The van der Waals surface area contributed by atoms with Crippen molar-refractivity contribution in [2.45, 2.75) is 142 Å². The average molecular weight is 549 g/mol. The maximum atomic E-state index is 12.4. The second-order valence-corrected chi connectivity index (χ2v) is 10.1. The minimum atomic E-state index is -1.02. The minimum absolute atomic E-state index is 0.151. The molecular weight excluding hydrogens is 492 g/mol. The number of carboxylic acids is 1. The summed E-state index contributed by atoms with van der Waals surface area (Å²) in [5, 5.41) is 11.8. The van der Waals surface area contributed by atoms with Crippen molar-refractivity contribution < 1.29 is 24.2 Å². The molecule has 1 amide bonds. The highest BCUT2D eigenvalue weighted by atomic mass is 16.5. The first-order valence-corrected chi connectivity index (χ1v) is 15.3. The van der Waals surface area contributed by atoms with Crippen molar-refractivity contribution in [2.24, 2.45) is 5.73 Å². The van der Waals surface area contributed by atoms with Gasteiger partial charge in [0, 0.05) is 12.8 Å². The van der Waals surface area contributed by atoms with E-state index in [9.17, 15) is 19.5 Å². The Morgan fingerprint density at radius 2 is 1.44 bits per heavy atom. The maximum absolute atomic E-state index is 12.4. The van der Waals surface area contributed by atoms with E-state index in [0.717, 1.165) is 44.9 Å². The fourth-order valence-corrected chi connectivity index (χ4v) is 4.11. The lowest BCUT2D eigenvalue weighted by atomic mass is 10.1. The van der Waals surface area contributed by atoms with Crippen LogP contribution in [0.5, 0.6) is 0 Å². The Balaban J connectivity index is 4.38. The van der Waals surface area contributed by atoms with E-state index in [1.54, 1.807) is 0 Å². The first-order chi connectivity index (χ1) is 18.9. The predicted octanol–water partition coefficient (Wildman–Crippen LogP) is 7.16. The fraction of sp³-hybridized carbons (Fsp3) is 0.719. The fourth-order valence-electron chi connectivity index (χ4n) is 4.11. The number of unbranched alkanes of at least 4 members (excludes halogenated alkanes) is 10. The second-order valence-electron chi connectivity index (χ2n) is 10.1. The summed E-state index contributed by atoms with van der Waals surface area (Å²) in [6.07, 6.45) is 28.1. The lowest BCUT2D eigenvalue weighted by Gasteiger charge is -2.13. The molecule has 0 aliphatic heterocycles. The van der Waals surface area contributed by atoms with Crippen LogP contribution in [0, 0.1) is 0 Å². The van der Waals surface area contributed by atoms with Gasteiger partial charge in [-0.25, -0.2) is 4.79 Å². The zero-order chi connectivity index (χ0) is 29.0. The van der Waals surface area contributed by atoms with Crippen LogP contribution in [0.2, 0.25) is 0 Å². The summed E-state index contributed by atoms with van der Waals surface area (Å²) >= 11 is 0. The minimum Gasteiger partial charge on any atom is -0.480 e. The van der Waals surface area contributed by atoms with Crippen LogP contribution < -0.4 is 11.1 Å². The van der Waals surface area contributed by atoms with Gasteiger partial charge in [-0.05, 0) is 70.1 Å². The Labute approximate surface area is 237 Å². The highest BCUT2D eigenvalue weighted by Crippen LogP contribution is 2.12. The van der Waals surface area contributed by atoms with Crippen LogP contribution >= 0.6 is 0 Å². The van der Waals surface area contributed by atoms with Gasteiger partial charge in [-0.15, -0.1) is 0 Å². The number of amides is 1. The molecule has 0 bridgehead atoms. The van der Waals surface area contributed by atoms with E-state index >= 15 is 0 Å². The number of nitrogens with one attached hydrogen (secondary N) is 1. The van der Waals surface area contributed by atoms with E-state index in [1.807, 2.05) is 24.3 Å². The van der Waals surface area contributed by atoms with Crippen LogP contribution in [0.3, 0.4) is 0 Å². The van der Waals surface area contributed by atoms with Crippen molar-refractivity contribution in [1.29, 1.82) is 0 Å². The van der Waals surface area contributed by atoms with Crippen LogP contribution in [0.25, 0.3) is 0 Å². The average Bonchev–Trinajstić information content (AvgIpc) is 2.91. The predicted molar refractivity (Wildman–Crippen MR) is 160 cm³/mol. The molecule has 0 fully saturated rings. The smallest absolute Gasteiger partial charge is 0.326 e. The second kappa shape index (κ2) is 27.2. The summed E-state index contributed by atoms with van der Waals surface area (Å²) in [6, 6.07) is -0.871. The quantitative estimate of drug-likeness (QED) is 0.0599. The molecule has 0 spiro atoms. The van der Waals surface area contributed by atoms with Crippen LogP contribution in [0.4, 0.5) is 0 Å². The Hall–Kier alpha value is -2.41. The van der Waals surface area contributed by atoms with Gasteiger partial charge in [0.1, 0.15) is 12.1 Å². The van der Waals surface area contributed by atoms with E-state index < -0.39 is 12.0 Å². The summed E-state index contributed by atoms with van der Waals surface area (Å²) in [5.74, 6) is -1.41. The van der Waals surface area contributed by atoms with Crippen molar-refractivity contribution in [3.05, 3.63) is 36.5 Å². The van der Waals surface area contributed by atoms with E-state index in [2.05, 4.69) is 31.3 Å². The largest absolute Gasteiger partial charge is 0.480 e. The number of esters is 1. The van der Waals surface area contributed by atoms with Gasteiger partial charge in [0.05, 0.1) is 0 Å². The Bertz CT molecular complexity index is 717. The van der Waals surface area contributed by atoms with Gasteiger partial charge in [0.25, 0.3) is 0 Å². The summed E-state index contributed by atoms with van der Waals surface area (Å²) in [4.78, 5) is 35.7. The number of carbonyl (C=O) groups excluding carboxylic acids is 2. The number of ether oxygens (including phenoxy) is 1. The Morgan fingerprint density at radius 1 is 0.795 bits per heavy atom. The van der Waals surface area contributed by atoms with Gasteiger partial charge in [0.2, 0.25) is 5.91 Å². The van der Waals surface area contributed by atoms with E-state index in [1.165, 1.54) is 38.5 Å². The molecule has 0 heterocycles. The van der Waals surface area contributed by atoms with Crippen LogP contribution in [-0.4, -0.2) is 41.6 Å². The van der Waals surface area contributed by atoms with Crippen LogP contribution in [0.15, 0.2) is 36.5 Å². The number of hydrogen-bond donors (Lipinski definition) is 3. The van der Waals surface area contributed by atoms with Crippen molar-refractivity contribution in [1.82, 2.24) is 5.32 Å². The molecule has 4 N–H and O–H groups in total. The Morgan fingerprint density at radius 3 is 2.10 bits per heavy atom. The third kappa shape index (κ3) is 24.4. The molecule has 0 saturated heterocycles. The van der Waals surface area contributed by atoms with Gasteiger partial charge in [-0.2, -0.15) is 0 Å². The van der Waals surface area contributed by atoms with E-state index in [0.29, 0.717) is 38.6 Å². The molecule has 7 nitrogen and oxygen atoms in total. The SMILES string of the molecule is CC/C=C\C/C=C\C(/C=C\CCCCCC(=O)NC(CCCN)C(=O)O)OC(=O)CCCCCCCCCC. The molecule has 0 saturated carbocycles. The molecule has 0 aromatic heterocycles. The normalized spacial score (nSPS) is 13.3. The monoisotopic (exact) mass is 548 g/mol. The summed E-state index contributed by atoms with van der Waals surface area (Å²) in [6.45, 7) is 4.72. The summed E-state index contributed by atoms with van der Waals surface area (Å²) < 4.78 is 5.71. The number of allylic oxidation sites excluding steroid dienone is 4. The van der Waals surface area contributed by atoms with Crippen molar-refractivity contribution in [3.63, 3.8) is 0 Å². The molecule has 0 radical (unpaired) electrons. The third-order valence-corrected chi connectivity index (χ3v) is 6.43. The number of carbonyl (C=O) groups is 3. The highest BCUT2D eigenvalue weighted by Gasteiger charge is 2.18. The molecule has 224 valence electrons. The van der Waals surface area contributed by atoms with Crippen molar-refractivity contribution in [2.75, 3.05) is 6.54 Å². The number of rotatable bonds is 26. The standard InChI is InChI=1S/C32H56N2O5/c1-3-5-7-9-10-11-16-20-26-31(36)39-28(22-17-13-8-6-4-2)23-18-14-12-15-19-25-30(35)34-29(32(37)38)24-21-27-33/h6,8,17-18,22-23,28-29H,3-5,7,9-16,19-21,24-27,33H2,1-2H3,(H,34,35)(H,37,38)/b8-6-,22-17-,23-18-. The molecule has 0 aliphatic carbocycles. The van der Waals surface area contributed by atoms with Crippen LogP contribution in [-0.2, 0) is 19.1 Å². The lowest BCUT2D eigenvalue weighted by Crippen LogP contribution is -2.40. The highest BCUT2D eigenvalue weighted by molar-refractivity contribution is 5.83. The number of nitrogens with two attached hydrogens (primary N) is 1. The molecule has 2 unspecified atom stereocenters. The van der Waals surface area contributed by atoms with Gasteiger partial charge >= 0.3 is 11.9 Å². The van der Waals surface area contributed by atoms with Crippen molar-refractivity contribution >= 4 is 17.8 Å². The molecule has 0 aromatic rings. The number of hydrogen-bond acceptors (Lipinski definition) is 5. The summed E-state index contributed by atoms with van der Waals surface area (Å²) in [7, 11) is 0. The molecule has 0 aliphatic rings.